The van der Waals surface area contributed by atoms with Crippen LogP contribution < -0.4 is 5.32 Å². The van der Waals surface area contributed by atoms with Gasteiger partial charge in [-0.3, -0.25) is 4.79 Å². The van der Waals surface area contributed by atoms with Crippen LogP contribution in [0.1, 0.15) is 65.7 Å². The summed E-state index contributed by atoms with van der Waals surface area (Å²) in [7, 11) is 1.72. The van der Waals surface area contributed by atoms with Gasteiger partial charge in [0, 0.05) is 13.2 Å². The molecule has 0 aromatic rings. The third-order valence-corrected chi connectivity index (χ3v) is 4.28. The summed E-state index contributed by atoms with van der Waals surface area (Å²) >= 11 is 0. The predicted molar refractivity (Wildman–Crippen MR) is 83.1 cm³/mol. The van der Waals surface area contributed by atoms with E-state index >= 15 is 0 Å². The SMILES string of the molecule is CCCCC(CC)COCCCC(CC)(NC)C(=O)O. The normalized spacial score (nSPS) is 15.8. The number of carboxylic acid groups (broad SMARTS) is 1. The number of hydrogen-bond donors (Lipinski definition) is 2. The van der Waals surface area contributed by atoms with E-state index in [4.69, 9.17) is 4.74 Å². The smallest absolute Gasteiger partial charge is 0.323 e. The molecule has 0 saturated heterocycles. The first-order chi connectivity index (χ1) is 9.56. The number of nitrogens with one attached hydrogen (secondary N) is 1. The summed E-state index contributed by atoms with van der Waals surface area (Å²) in [6, 6.07) is 0. The Kier molecular flexibility index (Phi) is 10.8. The van der Waals surface area contributed by atoms with Gasteiger partial charge in [-0.25, -0.2) is 0 Å². The van der Waals surface area contributed by atoms with Gasteiger partial charge in [-0.1, -0.05) is 40.0 Å². The number of likely N-dealkylation sites (N-methyl/N-ethyl adjacent to an activating group) is 1. The molecule has 0 aliphatic carbocycles. The Hall–Kier alpha value is -0.610. The molecule has 0 rings (SSSR count). The first kappa shape index (κ1) is 19.4. The summed E-state index contributed by atoms with van der Waals surface area (Å²) in [5.74, 6) is -0.119. The van der Waals surface area contributed by atoms with Gasteiger partial charge in [-0.15, -0.1) is 0 Å². The van der Waals surface area contributed by atoms with Crippen LogP contribution in [-0.2, 0) is 9.53 Å². The van der Waals surface area contributed by atoms with Crippen LogP contribution in [0.15, 0.2) is 0 Å². The lowest BCUT2D eigenvalue weighted by Crippen LogP contribution is -2.49. The summed E-state index contributed by atoms with van der Waals surface area (Å²) in [5, 5.41) is 12.2. The fraction of sp³-hybridized carbons (Fsp3) is 0.938. The second-order valence-electron chi connectivity index (χ2n) is 5.59. The lowest BCUT2D eigenvalue weighted by atomic mass is 9.91. The van der Waals surface area contributed by atoms with E-state index in [0.717, 1.165) is 19.4 Å². The van der Waals surface area contributed by atoms with Gasteiger partial charge in [0.2, 0.25) is 0 Å². The molecule has 0 saturated carbocycles. The van der Waals surface area contributed by atoms with Crippen molar-refractivity contribution in [3.05, 3.63) is 0 Å². The number of ether oxygens (including phenoxy) is 1. The van der Waals surface area contributed by atoms with Crippen molar-refractivity contribution in [1.82, 2.24) is 5.32 Å². The van der Waals surface area contributed by atoms with Gasteiger partial charge in [-0.05, 0) is 38.6 Å². The molecule has 4 heteroatoms. The summed E-state index contributed by atoms with van der Waals surface area (Å²) in [4.78, 5) is 11.3. The molecule has 0 bridgehead atoms. The molecule has 0 aliphatic heterocycles. The zero-order chi connectivity index (χ0) is 15.4. The third kappa shape index (κ3) is 6.71. The van der Waals surface area contributed by atoms with Crippen molar-refractivity contribution < 1.29 is 14.6 Å². The van der Waals surface area contributed by atoms with Gasteiger partial charge in [0.1, 0.15) is 5.54 Å². The molecule has 0 aliphatic rings. The second kappa shape index (κ2) is 11.1. The molecule has 0 aromatic heterocycles. The predicted octanol–water partition coefficient (Wildman–Crippen LogP) is 3.45. The molecule has 0 fully saturated rings. The standard InChI is InChI=1S/C16H33NO3/c1-5-8-10-14(6-2)13-20-12-9-11-16(7-3,17-4)15(18)19/h14,17H,5-13H2,1-4H3,(H,18,19). The number of rotatable bonds is 13. The van der Waals surface area contributed by atoms with Crippen LogP contribution in [0.5, 0.6) is 0 Å². The molecule has 120 valence electrons. The Labute approximate surface area is 124 Å². The van der Waals surface area contributed by atoms with E-state index in [2.05, 4.69) is 19.2 Å². The van der Waals surface area contributed by atoms with E-state index in [9.17, 15) is 9.90 Å². The highest BCUT2D eigenvalue weighted by Gasteiger charge is 2.34. The van der Waals surface area contributed by atoms with E-state index in [0.29, 0.717) is 25.4 Å². The fourth-order valence-electron chi connectivity index (χ4n) is 2.47. The van der Waals surface area contributed by atoms with Gasteiger partial charge in [-0.2, -0.15) is 0 Å². The molecule has 20 heavy (non-hydrogen) atoms. The third-order valence-electron chi connectivity index (χ3n) is 4.28. The summed E-state index contributed by atoms with van der Waals surface area (Å²) in [6.07, 6.45) is 6.87. The molecule has 2 N–H and O–H groups in total. The number of aliphatic carboxylic acids is 1. The van der Waals surface area contributed by atoms with Gasteiger partial charge in [0.25, 0.3) is 0 Å². The Bertz CT molecular complexity index is 252. The van der Waals surface area contributed by atoms with Gasteiger partial charge in [0.15, 0.2) is 0 Å². The molecule has 2 atom stereocenters. The van der Waals surface area contributed by atoms with Gasteiger partial charge >= 0.3 is 5.97 Å². The monoisotopic (exact) mass is 287 g/mol. The maximum Gasteiger partial charge on any atom is 0.323 e. The van der Waals surface area contributed by atoms with E-state index in [1.165, 1.54) is 19.3 Å². The van der Waals surface area contributed by atoms with Crippen LogP contribution in [0.3, 0.4) is 0 Å². The van der Waals surface area contributed by atoms with Crippen LogP contribution >= 0.6 is 0 Å². The zero-order valence-electron chi connectivity index (χ0n) is 13.7. The molecule has 0 radical (unpaired) electrons. The quantitative estimate of drug-likeness (QED) is 0.509. The molecule has 0 heterocycles. The highest BCUT2D eigenvalue weighted by atomic mass is 16.5. The highest BCUT2D eigenvalue weighted by Crippen LogP contribution is 2.18. The Morgan fingerprint density at radius 3 is 2.45 bits per heavy atom. The first-order valence-corrected chi connectivity index (χ1v) is 8.06. The Balaban J connectivity index is 3.91. The number of unbranched alkanes of at least 4 members (excludes halogenated alkanes) is 1. The van der Waals surface area contributed by atoms with Crippen LogP contribution in [-0.4, -0.2) is 36.9 Å². The van der Waals surface area contributed by atoms with Crippen molar-refractivity contribution in [1.29, 1.82) is 0 Å². The molecule has 0 aromatic carbocycles. The highest BCUT2D eigenvalue weighted by molar-refractivity contribution is 5.78. The maximum absolute atomic E-state index is 11.3. The van der Waals surface area contributed by atoms with Crippen LogP contribution in [0.2, 0.25) is 0 Å². The van der Waals surface area contributed by atoms with E-state index in [1.807, 2.05) is 6.92 Å². The number of carboxylic acids is 1. The van der Waals surface area contributed by atoms with Crippen molar-refractivity contribution in [3.8, 4) is 0 Å². The van der Waals surface area contributed by atoms with Crippen molar-refractivity contribution in [2.24, 2.45) is 5.92 Å². The van der Waals surface area contributed by atoms with Crippen LogP contribution in [0.4, 0.5) is 0 Å². The van der Waals surface area contributed by atoms with E-state index in [1.54, 1.807) is 7.05 Å². The topological polar surface area (TPSA) is 58.6 Å². The van der Waals surface area contributed by atoms with Gasteiger partial charge < -0.3 is 15.2 Å². The average Bonchev–Trinajstić information content (AvgIpc) is 2.46. The van der Waals surface area contributed by atoms with E-state index < -0.39 is 11.5 Å². The minimum atomic E-state index is -0.796. The van der Waals surface area contributed by atoms with Crippen LogP contribution in [0.25, 0.3) is 0 Å². The summed E-state index contributed by atoms with van der Waals surface area (Å²) in [5.41, 5.74) is -0.796. The maximum atomic E-state index is 11.3. The fourth-order valence-corrected chi connectivity index (χ4v) is 2.47. The van der Waals surface area contributed by atoms with Gasteiger partial charge in [0.05, 0.1) is 0 Å². The molecular weight excluding hydrogens is 254 g/mol. The number of hydrogen-bond acceptors (Lipinski definition) is 3. The Morgan fingerprint density at radius 2 is 2.00 bits per heavy atom. The lowest BCUT2D eigenvalue weighted by Gasteiger charge is -2.27. The minimum Gasteiger partial charge on any atom is -0.480 e. The van der Waals surface area contributed by atoms with Crippen molar-refractivity contribution in [2.75, 3.05) is 20.3 Å². The minimum absolute atomic E-state index is 0.590. The Morgan fingerprint density at radius 1 is 1.30 bits per heavy atom. The van der Waals surface area contributed by atoms with Crippen molar-refractivity contribution >= 4 is 5.97 Å². The van der Waals surface area contributed by atoms with Crippen molar-refractivity contribution in [2.45, 2.75) is 71.3 Å². The second-order valence-corrected chi connectivity index (χ2v) is 5.59. The molecular formula is C16H33NO3. The summed E-state index contributed by atoms with van der Waals surface area (Å²) in [6.45, 7) is 7.78. The largest absolute Gasteiger partial charge is 0.480 e. The number of carbonyl (C=O) groups is 1. The molecule has 0 spiro atoms. The molecule has 4 nitrogen and oxygen atoms in total. The molecule has 2 unspecified atom stereocenters. The lowest BCUT2D eigenvalue weighted by molar-refractivity contribution is -0.145. The van der Waals surface area contributed by atoms with Crippen LogP contribution in [0, 0.1) is 5.92 Å². The zero-order valence-corrected chi connectivity index (χ0v) is 13.7. The molecule has 0 amide bonds. The average molecular weight is 287 g/mol. The first-order valence-electron chi connectivity index (χ1n) is 8.06. The van der Waals surface area contributed by atoms with E-state index in [-0.39, 0.29) is 0 Å². The van der Waals surface area contributed by atoms with Crippen molar-refractivity contribution in [3.63, 3.8) is 0 Å². The summed E-state index contributed by atoms with van der Waals surface area (Å²) < 4.78 is 5.73.